The number of hydrogen-bond donors (Lipinski definition) is 0. The summed E-state index contributed by atoms with van der Waals surface area (Å²) in [5.74, 6) is 0. The Bertz CT molecular complexity index is 660. The van der Waals surface area contributed by atoms with Gasteiger partial charge in [0.1, 0.15) is 0 Å². The first kappa shape index (κ1) is 9.97. The van der Waals surface area contributed by atoms with Gasteiger partial charge >= 0.3 is 0 Å². The predicted molar refractivity (Wildman–Crippen MR) is 69.7 cm³/mol. The Kier molecular flexibility index (Phi) is 2.33. The van der Waals surface area contributed by atoms with Crippen LogP contribution in [0.25, 0.3) is 22.2 Å². The van der Waals surface area contributed by atoms with Crippen molar-refractivity contribution >= 4 is 10.9 Å². The Morgan fingerprint density at radius 1 is 0.941 bits per heavy atom. The van der Waals surface area contributed by atoms with Gasteiger partial charge in [-0.05, 0) is 36.8 Å². The summed E-state index contributed by atoms with van der Waals surface area (Å²) in [6, 6.07) is 14.3. The van der Waals surface area contributed by atoms with Gasteiger partial charge in [0.2, 0.25) is 0 Å². The largest absolute Gasteiger partial charge is 0.265 e. The quantitative estimate of drug-likeness (QED) is 0.626. The highest BCUT2D eigenvalue weighted by Gasteiger charge is 2.03. The number of pyridine rings is 2. The maximum Gasteiger partial charge on any atom is 0.0713 e. The lowest BCUT2D eigenvalue weighted by atomic mass is 10.1. The summed E-state index contributed by atoms with van der Waals surface area (Å²) in [5, 5.41) is 1.21. The minimum atomic E-state index is 1.00. The number of nitrogens with zero attached hydrogens (tertiary/aromatic N) is 2. The van der Waals surface area contributed by atoms with Crippen molar-refractivity contribution in [1.29, 1.82) is 0 Å². The fourth-order valence-corrected chi connectivity index (χ4v) is 2.02. The Balaban J connectivity index is 2.26. The van der Waals surface area contributed by atoms with Gasteiger partial charge in [-0.25, -0.2) is 4.98 Å². The lowest BCUT2D eigenvalue weighted by Crippen LogP contribution is -1.88. The van der Waals surface area contributed by atoms with Crippen molar-refractivity contribution in [3.8, 4) is 11.3 Å². The minimum Gasteiger partial charge on any atom is -0.265 e. The molecule has 2 nitrogen and oxygen atoms in total. The molecule has 2 heterocycles. The Labute approximate surface area is 100.0 Å². The number of aryl methyl sites for hydroxylation is 1. The number of hydrogen-bond acceptors (Lipinski definition) is 2. The Morgan fingerprint density at radius 3 is 2.53 bits per heavy atom. The van der Waals surface area contributed by atoms with Crippen LogP contribution in [0.1, 0.15) is 5.56 Å². The lowest BCUT2D eigenvalue weighted by Gasteiger charge is -2.06. The fourth-order valence-electron chi connectivity index (χ4n) is 2.02. The third-order valence-electron chi connectivity index (χ3n) is 2.90. The van der Waals surface area contributed by atoms with Crippen molar-refractivity contribution in [2.75, 3.05) is 0 Å². The van der Waals surface area contributed by atoms with Crippen LogP contribution < -0.4 is 0 Å². The molecule has 0 bridgehead atoms. The third kappa shape index (κ3) is 1.78. The molecule has 2 heteroatoms. The standard InChI is InChI=1S/C15H12N2/c1-11-10-15(12-6-8-16-9-7-12)17-14-5-3-2-4-13(11)14/h2-10H,1H3. The Morgan fingerprint density at radius 2 is 1.71 bits per heavy atom. The highest BCUT2D eigenvalue weighted by atomic mass is 14.7. The van der Waals surface area contributed by atoms with Crippen LogP contribution in [0.4, 0.5) is 0 Å². The normalized spacial score (nSPS) is 10.6. The van der Waals surface area contributed by atoms with E-state index in [0.29, 0.717) is 0 Å². The second-order valence-corrected chi connectivity index (χ2v) is 4.08. The topological polar surface area (TPSA) is 25.8 Å². The zero-order valence-electron chi connectivity index (χ0n) is 9.59. The first-order valence-corrected chi connectivity index (χ1v) is 5.61. The number of rotatable bonds is 1. The zero-order chi connectivity index (χ0) is 11.7. The molecule has 0 aliphatic rings. The highest BCUT2D eigenvalue weighted by molar-refractivity contribution is 5.84. The molecule has 0 radical (unpaired) electrons. The average molecular weight is 220 g/mol. The summed E-state index contributed by atoms with van der Waals surface area (Å²) in [4.78, 5) is 8.71. The molecule has 0 fully saturated rings. The van der Waals surface area contributed by atoms with E-state index in [1.807, 2.05) is 30.3 Å². The fraction of sp³-hybridized carbons (Fsp3) is 0.0667. The van der Waals surface area contributed by atoms with Crippen molar-refractivity contribution in [1.82, 2.24) is 9.97 Å². The number of benzene rings is 1. The van der Waals surface area contributed by atoms with Crippen molar-refractivity contribution in [3.05, 3.63) is 60.4 Å². The molecule has 0 atom stereocenters. The van der Waals surface area contributed by atoms with E-state index in [-0.39, 0.29) is 0 Å². The van der Waals surface area contributed by atoms with Crippen LogP contribution in [0.15, 0.2) is 54.9 Å². The highest BCUT2D eigenvalue weighted by Crippen LogP contribution is 2.23. The van der Waals surface area contributed by atoms with Gasteiger partial charge in [0.25, 0.3) is 0 Å². The van der Waals surface area contributed by atoms with Crippen molar-refractivity contribution < 1.29 is 0 Å². The lowest BCUT2D eigenvalue weighted by molar-refractivity contribution is 1.30. The van der Waals surface area contributed by atoms with Gasteiger partial charge < -0.3 is 0 Å². The van der Waals surface area contributed by atoms with E-state index in [1.54, 1.807) is 12.4 Å². The summed E-state index contributed by atoms with van der Waals surface area (Å²) in [7, 11) is 0. The molecule has 0 amide bonds. The van der Waals surface area contributed by atoms with E-state index in [1.165, 1.54) is 10.9 Å². The van der Waals surface area contributed by atoms with Gasteiger partial charge in [-0.15, -0.1) is 0 Å². The van der Waals surface area contributed by atoms with E-state index in [9.17, 15) is 0 Å². The van der Waals surface area contributed by atoms with Crippen molar-refractivity contribution in [2.45, 2.75) is 6.92 Å². The van der Waals surface area contributed by atoms with Crippen LogP contribution in [0.3, 0.4) is 0 Å². The van der Waals surface area contributed by atoms with Gasteiger partial charge in [-0.3, -0.25) is 4.98 Å². The minimum absolute atomic E-state index is 1.00. The smallest absolute Gasteiger partial charge is 0.0713 e. The second-order valence-electron chi connectivity index (χ2n) is 4.08. The first-order chi connectivity index (χ1) is 8.34. The van der Waals surface area contributed by atoms with E-state index in [0.717, 1.165) is 16.8 Å². The predicted octanol–water partition coefficient (Wildman–Crippen LogP) is 3.61. The van der Waals surface area contributed by atoms with Gasteiger partial charge in [0.05, 0.1) is 11.2 Å². The molecular weight excluding hydrogens is 208 g/mol. The molecule has 0 saturated carbocycles. The number of fused-ring (bicyclic) bond motifs is 1. The molecule has 2 aromatic heterocycles. The van der Waals surface area contributed by atoms with E-state index < -0.39 is 0 Å². The van der Waals surface area contributed by atoms with Gasteiger partial charge in [0, 0.05) is 23.3 Å². The van der Waals surface area contributed by atoms with Crippen molar-refractivity contribution in [3.63, 3.8) is 0 Å². The monoisotopic (exact) mass is 220 g/mol. The molecule has 3 rings (SSSR count). The van der Waals surface area contributed by atoms with Crippen LogP contribution in [0.5, 0.6) is 0 Å². The number of para-hydroxylation sites is 1. The van der Waals surface area contributed by atoms with Gasteiger partial charge in [-0.1, -0.05) is 18.2 Å². The van der Waals surface area contributed by atoms with Crippen LogP contribution in [0.2, 0.25) is 0 Å². The summed E-state index contributed by atoms with van der Waals surface area (Å²) >= 11 is 0. The molecular formula is C15H12N2. The third-order valence-corrected chi connectivity index (χ3v) is 2.90. The molecule has 82 valence electrons. The molecule has 0 spiro atoms. The molecule has 0 unspecified atom stereocenters. The SMILES string of the molecule is Cc1cc(-c2ccncc2)nc2ccccc12. The van der Waals surface area contributed by atoms with E-state index >= 15 is 0 Å². The van der Waals surface area contributed by atoms with E-state index in [2.05, 4.69) is 29.0 Å². The maximum absolute atomic E-state index is 4.68. The second kappa shape index (κ2) is 3.98. The molecule has 1 aromatic carbocycles. The molecule has 0 saturated heterocycles. The molecule has 0 N–H and O–H groups in total. The average Bonchev–Trinajstić information content (AvgIpc) is 2.40. The summed E-state index contributed by atoms with van der Waals surface area (Å²) in [6.07, 6.45) is 3.59. The Hall–Kier alpha value is -2.22. The van der Waals surface area contributed by atoms with Crippen LogP contribution >= 0.6 is 0 Å². The molecule has 17 heavy (non-hydrogen) atoms. The number of aromatic nitrogens is 2. The van der Waals surface area contributed by atoms with E-state index in [4.69, 9.17) is 0 Å². The van der Waals surface area contributed by atoms with Crippen molar-refractivity contribution in [2.24, 2.45) is 0 Å². The molecule has 0 aliphatic carbocycles. The van der Waals surface area contributed by atoms with Gasteiger partial charge in [-0.2, -0.15) is 0 Å². The van der Waals surface area contributed by atoms with Crippen LogP contribution in [-0.2, 0) is 0 Å². The summed E-state index contributed by atoms with van der Waals surface area (Å²) in [6.45, 7) is 2.12. The van der Waals surface area contributed by atoms with Gasteiger partial charge in [0.15, 0.2) is 0 Å². The summed E-state index contributed by atoms with van der Waals surface area (Å²) < 4.78 is 0. The summed E-state index contributed by atoms with van der Waals surface area (Å²) in [5.41, 5.74) is 4.40. The first-order valence-electron chi connectivity index (χ1n) is 5.61. The van der Waals surface area contributed by atoms with Crippen LogP contribution in [-0.4, -0.2) is 9.97 Å². The molecule has 3 aromatic rings. The zero-order valence-corrected chi connectivity index (χ0v) is 9.59. The molecule has 0 aliphatic heterocycles. The van der Waals surface area contributed by atoms with Crippen LogP contribution in [0, 0.1) is 6.92 Å². The maximum atomic E-state index is 4.68.